The molecule has 0 bridgehead atoms. The molecule has 0 aliphatic carbocycles. The zero-order chi connectivity index (χ0) is 10.1. The van der Waals surface area contributed by atoms with Gasteiger partial charge < -0.3 is 5.73 Å². The first-order chi connectivity index (χ1) is 5.90. The van der Waals surface area contributed by atoms with E-state index in [2.05, 4.69) is 0 Å². The standard InChI is InChI=1S/C10H13Cl2N/c1-10(2,13)6-7-4-3-5-8(11)9(7)12/h3-5H,6,13H2,1-2H3. The minimum absolute atomic E-state index is 0.256. The number of benzene rings is 1. The summed E-state index contributed by atoms with van der Waals surface area (Å²) in [7, 11) is 0. The molecule has 0 unspecified atom stereocenters. The van der Waals surface area contributed by atoms with Crippen molar-refractivity contribution in [3.05, 3.63) is 33.8 Å². The summed E-state index contributed by atoms with van der Waals surface area (Å²) in [5.74, 6) is 0. The Balaban J connectivity index is 2.96. The largest absolute Gasteiger partial charge is 0.325 e. The zero-order valence-electron chi connectivity index (χ0n) is 7.77. The van der Waals surface area contributed by atoms with E-state index in [-0.39, 0.29) is 5.54 Å². The van der Waals surface area contributed by atoms with Crippen LogP contribution in [0, 0.1) is 0 Å². The van der Waals surface area contributed by atoms with E-state index >= 15 is 0 Å². The molecule has 1 rings (SSSR count). The summed E-state index contributed by atoms with van der Waals surface area (Å²) in [6, 6.07) is 5.61. The summed E-state index contributed by atoms with van der Waals surface area (Å²) in [6.07, 6.45) is 0.729. The molecule has 2 N–H and O–H groups in total. The molecule has 0 aromatic heterocycles. The van der Waals surface area contributed by atoms with Gasteiger partial charge in [-0.15, -0.1) is 0 Å². The number of hydrogen-bond acceptors (Lipinski definition) is 1. The van der Waals surface area contributed by atoms with Gasteiger partial charge >= 0.3 is 0 Å². The van der Waals surface area contributed by atoms with Crippen LogP contribution in [0.1, 0.15) is 19.4 Å². The third-order valence-corrected chi connectivity index (χ3v) is 2.54. The van der Waals surface area contributed by atoms with E-state index in [1.54, 1.807) is 6.07 Å². The Hall–Kier alpha value is -0.240. The molecular weight excluding hydrogens is 205 g/mol. The second-order valence-electron chi connectivity index (χ2n) is 3.88. The molecule has 0 atom stereocenters. The molecule has 0 saturated heterocycles. The Morgan fingerprint density at radius 1 is 1.31 bits per heavy atom. The van der Waals surface area contributed by atoms with Crippen LogP contribution in [-0.2, 0) is 6.42 Å². The molecule has 0 heterocycles. The normalized spacial score (nSPS) is 11.8. The van der Waals surface area contributed by atoms with Crippen molar-refractivity contribution in [1.29, 1.82) is 0 Å². The van der Waals surface area contributed by atoms with E-state index in [0.29, 0.717) is 10.0 Å². The van der Waals surface area contributed by atoms with Crippen LogP contribution in [0.4, 0.5) is 0 Å². The quantitative estimate of drug-likeness (QED) is 0.809. The highest BCUT2D eigenvalue weighted by Crippen LogP contribution is 2.27. The van der Waals surface area contributed by atoms with Crippen LogP contribution in [0.3, 0.4) is 0 Å². The molecule has 0 amide bonds. The molecule has 72 valence electrons. The predicted octanol–water partition coefficient (Wildman–Crippen LogP) is 3.27. The van der Waals surface area contributed by atoms with Gasteiger partial charge in [-0.3, -0.25) is 0 Å². The van der Waals surface area contributed by atoms with Crippen molar-refractivity contribution in [3.8, 4) is 0 Å². The Kier molecular flexibility index (Phi) is 3.23. The average Bonchev–Trinajstić information content (AvgIpc) is 1.96. The van der Waals surface area contributed by atoms with Crippen molar-refractivity contribution in [1.82, 2.24) is 0 Å². The second-order valence-corrected chi connectivity index (χ2v) is 4.66. The zero-order valence-corrected chi connectivity index (χ0v) is 9.28. The lowest BCUT2D eigenvalue weighted by molar-refractivity contribution is 0.517. The van der Waals surface area contributed by atoms with Crippen molar-refractivity contribution in [3.63, 3.8) is 0 Å². The average molecular weight is 218 g/mol. The van der Waals surface area contributed by atoms with Crippen LogP contribution >= 0.6 is 23.2 Å². The van der Waals surface area contributed by atoms with Crippen LogP contribution in [0.2, 0.25) is 10.0 Å². The molecule has 0 fully saturated rings. The fourth-order valence-electron chi connectivity index (χ4n) is 1.18. The molecule has 0 aliphatic heterocycles. The lowest BCUT2D eigenvalue weighted by Gasteiger charge is -2.19. The molecule has 1 nitrogen and oxygen atoms in total. The summed E-state index contributed by atoms with van der Waals surface area (Å²) in [5, 5.41) is 1.20. The van der Waals surface area contributed by atoms with Crippen molar-refractivity contribution in [2.75, 3.05) is 0 Å². The predicted molar refractivity (Wildman–Crippen MR) is 58.4 cm³/mol. The SMILES string of the molecule is CC(C)(N)Cc1cccc(Cl)c1Cl. The molecule has 0 aliphatic rings. The van der Waals surface area contributed by atoms with Crippen LogP contribution < -0.4 is 5.73 Å². The lowest BCUT2D eigenvalue weighted by atomic mass is 9.96. The molecule has 3 heteroatoms. The number of hydrogen-bond donors (Lipinski definition) is 1. The third kappa shape index (κ3) is 3.18. The second kappa shape index (κ2) is 3.87. The van der Waals surface area contributed by atoms with E-state index in [1.807, 2.05) is 26.0 Å². The highest BCUT2D eigenvalue weighted by Gasteiger charge is 2.14. The number of nitrogens with two attached hydrogens (primary N) is 1. The summed E-state index contributed by atoms with van der Waals surface area (Å²) in [4.78, 5) is 0. The van der Waals surface area contributed by atoms with Gasteiger partial charge in [-0.25, -0.2) is 0 Å². The van der Waals surface area contributed by atoms with E-state index in [4.69, 9.17) is 28.9 Å². The molecular formula is C10H13Cl2N. The van der Waals surface area contributed by atoms with Crippen molar-refractivity contribution in [2.45, 2.75) is 25.8 Å². The van der Waals surface area contributed by atoms with Crippen molar-refractivity contribution < 1.29 is 0 Å². The summed E-state index contributed by atoms with van der Waals surface area (Å²) in [5.41, 5.74) is 6.63. The van der Waals surface area contributed by atoms with E-state index in [0.717, 1.165) is 12.0 Å². The molecule has 0 saturated carbocycles. The minimum atomic E-state index is -0.256. The van der Waals surface area contributed by atoms with Crippen LogP contribution in [0.15, 0.2) is 18.2 Å². The van der Waals surface area contributed by atoms with Crippen molar-refractivity contribution in [2.24, 2.45) is 5.73 Å². The molecule has 0 radical (unpaired) electrons. The van der Waals surface area contributed by atoms with Gasteiger partial charge in [0, 0.05) is 5.54 Å². The Bertz CT molecular complexity index is 302. The van der Waals surface area contributed by atoms with Gasteiger partial charge in [-0.2, -0.15) is 0 Å². The first-order valence-corrected chi connectivity index (χ1v) is 4.87. The van der Waals surface area contributed by atoms with Gasteiger partial charge in [0.25, 0.3) is 0 Å². The Morgan fingerprint density at radius 3 is 2.46 bits per heavy atom. The van der Waals surface area contributed by atoms with Gasteiger partial charge in [0.1, 0.15) is 0 Å². The first-order valence-electron chi connectivity index (χ1n) is 4.12. The van der Waals surface area contributed by atoms with Gasteiger partial charge in [0.05, 0.1) is 10.0 Å². The summed E-state index contributed by atoms with van der Waals surface area (Å²) in [6.45, 7) is 3.93. The smallest absolute Gasteiger partial charge is 0.0624 e. The van der Waals surface area contributed by atoms with Gasteiger partial charge in [0.2, 0.25) is 0 Å². The maximum absolute atomic E-state index is 6.01. The highest BCUT2D eigenvalue weighted by molar-refractivity contribution is 6.42. The molecule has 0 spiro atoms. The number of rotatable bonds is 2. The van der Waals surface area contributed by atoms with Crippen LogP contribution in [-0.4, -0.2) is 5.54 Å². The Labute approximate surface area is 88.8 Å². The third-order valence-electron chi connectivity index (χ3n) is 1.68. The van der Waals surface area contributed by atoms with Gasteiger partial charge in [-0.05, 0) is 31.9 Å². The van der Waals surface area contributed by atoms with E-state index < -0.39 is 0 Å². The van der Waals surface area contributed by atoms with E-state index in [1.165, 1.54) is 0 Å². The maximum atomic E-state index is 6.01. The number of halogens is 2. The molecule has 13 heavy (non-hydrogen) atoms. The van der Waals surface area contributed by atoms with Crippen molar-refractivity contribution >= 4 is 23.2 Å². The maximum Gasteiger partial charge on any atom is 0.0624 e. The Morgan fingerprint density at radius 2 is 1.92 bits per heavy atom. The first kappa shape index (κ1) is 10.8. The summed E-state index contributed by atoms with van der Waals surface area (Å²) >= 11 is 11.9. The van der Waals surface area contributed by atoms with Gasteiger partial charge in [-0.1, -0.05) is 35.3 Å². The minimum Gasteiger partial charge on any atom is -0.325 e. The monoisotopic (exact) mass is 217 g/mol. The van der Waals surface area contributed by atoms with Crippen LogP contribution in [0.5, 0.6) is 0 Å². The fourth-order valence-corrected chi connectivity index (χ4v) is 1.56. The highest BCUT2D eigenvalue weighted by atomic mass is 35.5. The lowest BCUT2D eigenvalue weighted by Crippen LogP contribution is -2.34. The molecule has 1 aromatic carbocycles. The molecule has 1 aromatic rings. The summed E-state index contributed by atoms with van der Waals surface area (Å²) < 4.78 is 0. The van der Waals surface area contributed by atoms with E-state index in [9.17, 15) is 0 Å². The topological polar surface area (TPSA) is 26.0 Å². The van der Waals surface area contributed by atoms with Crippen LogP contribution in [0.25, 0.3) is 0 Å². The fraction of sp³-hybridized carbons (Fsp3) is 0.400. The van der Waals surface area contributed by atoms with Gasteiger partial charge in [0.15, 0.2) is 0 Å².